The van der Waals surface area contributed by atoms with Crippen LogP contribution in [0.5, 0.6) is 0 Å². The zero-order valence-corrected chi connectivity index (χ0v) is 10.6. The summed E-state index contributed by atoms with van der Waals surface area (Å²) in [6, 6.07) is 9.01. The van der Waals surface area contributed by atoms with Crippen LogP contribution >= 0.6 is 0 Å². The van der Waals surface area contributed by atoms with Gasteiger partial charge < -0.3 is 20.3 Å². The number of ketones is 1. The molecule has 0 unspecified atom stereocenters. The van der Waals surface area contributed by atoms with Crippen LogP contribution in [0, 0.1) is 0 Å². The van der Waals surface area contributed by atoms with Gasteiger partial charge in [-0.1, -0.05) is 30.3 Å². The Morgan fingerprint density at radius 3 is 2.45 bits per heavy atom. The maximum Gasteiger partial charge on any atom is 0.407 e. The quantitative estimate of drug-likeness (QED) is 0.620. The van der Waals surface area contributed by atoms with Crippen molar-refractivity contribution in [3.05, 3.63) is 35.9 Å². The minimum atomic E-state index is -1.62. The largest absolute Gasteiger partial charge is 0.475 e. The minimum absolute atomic E-state index is 0.0802. The van der Waals surface area contributed by atoms with Crippen LogP contribution in [0.1, 0.15) is 12.0 Å². The van der Waals surface area contributed by atoms with Gasteiger partial charge in [0.1, 0.15) is 6.61 Å². The molecule has 0 bridgehead atoms. The number of carboxylic acids is 1. The Labute approximate surface area is 115 Å². The highest BCUT2D eigenvalue weighted by atomic mass is 16.5. The molecule has 0 spiro atoms. The van der Waals surface area contributed by atoms with E-state index in [9.17, 15) is 19.5 Å². The first-order chi connectivity index (χ1) is 9.49. The summed E-state index contributed by atoms with van der Waals surface area (Å²) in [7, 11) is 0. The molecule has 0 aliphatic rings. The fourth-order valence-electron chi connectivity index (χ4n) is 1.35. The van der Waals surface area contributed by atoms with E-state index in [1.165, 1.54) is 0 Å². The van der Waals surface area contributed by atoms with Crippen LogP contribution in [0.4, 0.5) is 4.79 Å². The first-order valence-electron chi connectivity index (χ1n) is 5.87. The Bertz CT molecular complexity index is 473. The molecule has 7 heteroatoms. The second-order valence-corrected chi connectivity index (χ2v) is 4.03. The van der Waals surface area contributed by atoms with E-state index in [0.717, 1.165) is 5.56 Å². The minimum Gasteiger partial charge on any atom is -0.475 e. The number of hydrogen-bond acceptors (Lipinski definition) is 5. The number of ether oxygens (including phenoxy) is 1. The van der Waals surface area contributed by atoms with Gasteiger partial charge in [0.15, 0.2) is 0 Å². The lowest BCUT2D eigenvalue weighted by Crippen LogP contribution is -2.34. The number of carbonyl (C=O) groups is 3. The lowest BCUT2D eigenvalue weighted by molar-refractivity contribution is -0.150. The molecule has 1 aromatic rings. The zero-order chi connectivity index (χ0) is 15.0. The van der Waals surface area contributed by atoms with E-state index in [1.807, 2.05) is 6.07 Å². The molecule has 0 saturated heterocycles. The average Bonchev–Trinajstić information content (AvgIpc) is 2.43. The second-order valence-electron chi connectivity index (χ2n) is 4.03. The predicted molar refractivity (Wildman–Crippen MR) is 67.9 cm³/mol. The molecule has 0 aromatic heterocycles. The molecule has 0 radical (unpaired) electrons. The molecule has 1 amide bonds. The highest BCUT2D eigenvalue weighted by molar-refractivity contribution is 6.32. The van der Waals surface area contributed by atoms with E-state index >= 15 is 0 Å². The van der Waals surface area contributed by atoms with Crippen molar-refractivity contribution in [3.63, 3.8) is 0 Å². The van der Waals surface area contributed by atoms with E-state index in [4.69, 9.17) is 9.84 Å². The van der Waals surface area contributed by atoms with Crippen molar-refractivity contribution in [1.82, 2.24) is 5.32 Å². The molecule has 20 heavy (non-hydrogen) atoms. The van der Waals surface area contributed by atoms with Crippen molar-refractivity contribution in [2.75, 3.05) is 6.54 Å². The second kappa shape index (κ2) is 7.90. The number of aliphatic carboxylic acids is 1. The maximum atomic E-state index is 11.3. The number of Topliss-reactive ketones (excluding diaryl/α,β-unsaturated/α-hetero) is 1. The fourth-order valence-corrected chi connectivity index (χ4v) is 1.35. The lowest BCUT2D eigenvalue weighted by Gasteiger charge is -2.10. The van der Waals surface area contributed by atoms with Crippen LogP contribution in [-0.2, 0) is 20.9 Å². The molecule has 0 aliphatic carbocycles. The summed E-state index contributed by atoms with van der Waals surface area (Å²) in [6.45, 7) is -0.177. The lowest BCUT2D eigenvalue weighted by atomic mass is 10.2. The summed E-state index contributed by atoms with van der Waals surface area (Å²) in [5.74, 6) is -2.73. The average molecular weight is 281 g/mol. The first-order valence-corrected chi connectivity index (χ1v) is 5.87. The third-order valence-electron chi connectivity index (χ3n) is 2.35. The first kappa shape index (κ1) is 15.6. The molecule has 7 nitrogen and oxygen atoms in total. The Hall–Kier alpha value is -2.41. The van der Waals surface area contributed by atoms with Gasteiger partial charge in [-0.2, -0.15) is 0 Å². The highest BCUT2D eigenvalue weighted by Crippen LogP contribution is 2.00. The smallest absolute Gasteiger partial charge is 0.407 e. The van der Waals surface area contributed by atoms with Gasteiger partial charge in [-0.25, -0.2) is 9.59 Å². The van der Waals surface area contributed by atoms with Gasteiger partial charge in [-0.15, -0.1) is 0 Å². The number of carboxylic acid groups (broad SMARTS) is 1. The van der Waals surface area contributed by atoms with Crippen LogP contribution in [0.15, 0.2) is 30.3 Å². The van der Waals surface area contributed by atoms with Crippen molar-refractivity contribution >= 4 is 17.8 Å². The number of nitrogens with one attached hydrogen (secondary N) is 1. The van der Waals surface area contributed by atoms with Crippen molar-refractivity contribution in [1.29, 1.82) is 0 Å². The molecule has 0 fully saturated rings. The van der Waals surface area contributed by atoms with Crippen LogP contribution in [0.2, 0.25) is 0 Å². The van der Waals surface area contributed by atoms with E-state index in [2.05, 4.69) is 5.32 Å². The molecular formula is C13H15NO6. The Morgan fingerprint density at radius 1 is 1.20 bits per heavy atom. The molecular weight excluding hydrogens is 266 g/mol. The van der Waals surface area contributed by atoms with E-state index in [1.54, 1.807) is 24.3 Å². The van der Waals surface area contributed by atoms with Crippen LogP contribution in [0.25, 0.3) is 0 Å². The molecule has 1 aromatic carbocycles. The number of carbonyl (C=O) groups excluding carboxylic acids is 2. The standard InChI is InChI=1S/C13H15NO6/c15-10(6-11(16)12(17)18)7-14-13(19)20-8-9-4-2-1-3-5-9/h1-5,10,15H,6-8H2,(H,14,19)(H,17,18)/t10-/m0/s1. The van der Waals surface area contributed by atoms with E-state index in [0.29, 0.717) is 0 Å². The number of amides is 1. The normalized spacial score (nSPS) is 11.4. The summed E-state index contributed by atoms with van der Waals surface area (Å²) in [6.07, 6.45) is -2.58. The molecule has 0 heterocycles. The number of alkyl carbamates (subject to hydrolysis) is 1. The monoisotopic (exact) mass is 281 g/mol. The summed E-state index contributed by atoms with van der Waals surface area (Å²) in [5, 5.41) is 19.9. The number of aliphatic hydroxyl groups is 1. The van der Waals surface area contributed by atoms with Gasteiger partial charge in [0.05, 0.1) is 6.10 Å². The maximum absolute atomic E-state index is 11.3. The van der Waals surface area contributed by atoms with Gasteiger partial charge >= 0.3 is 12.1 Å². The molecule has 3 N–H and O–H groups in total. The topological polar surface area (TPSA) is 113 Å². The Kier molecular flexibility index (Phi) is 6.18. The number of hydrogen-bond donors (Lipinski definition) is 3. The zero-order valence-electron chi connectivity index (χ0n) is 10.6. The highest BCUT2D eigenvalue weighted by Gasteiger charge is 2.17. The van der Waals surface area contributed by atoms with Crippen molar-refractivity contribution in [2.24, 2.45) is 0 Å². The van der Waals surface area contributed by atoms with Gasteiger partial charge in [0, 0.05) is 13.0 Å². The number of benzene rings is 1. The van der Waals surface area contributed by atoms with Crippen LogP contribution in [0.3, 0.4) is 0 Å². The third-order valence-corrected chi connectivity index (χ3v) is 2.35. The van der Waals surface area contributed by atoms with Gasteiger partial charge in [-0.05, 0) is 5.56 Å². The molecule has 1 rings (SSSR count). The predicted octanol–water partition coefficient (Wildman–Crippen LogP) is 0.317. The Balaban J connectivity index is 2.23. The Morgan fingerprint density at radius 2 is 1.85 bits per heavy atom. The van der Waals surface area contributed by atoms with E-state index in [-0.39, 0.29) is 13.2 Å². The number of rotatable bonds is 7. The third kappa shape index (κ3) is 5.96. The molecule has 0 aliphatic heterocycles. The molecule has 108 valence electrons. The van der Waals surface area contributed by atoms with Gasteiger partial charge in [0.25, 0.3) is 0 Å². The summed E-state index contributed by atoms with van der Waals surface area (Å²) in [5.41, 5.74) is 0.809. The summed E-state index contributed by atoms with van der Waals surface area (Å²) in [4.78, 5) is 32.4. The van der Waals surface area contributed by atoms with Gasteiger partial charge in [0.2, 0.25) is 5.78 Å². The summed E-state index contributed by atoms with van der Waals surface area (Å²) < 4.78 is 4.87. The number of aliphatic hydroxyl groups excluding tert-OH is 1. The van der Waals surface area contributed by atoms with Crippen molar-refractivity contribution in [3.8, 4) is 0 Å². The van der Waals surface area contributed by atoms with E-state index < -0.39 is 30.4 Å². The molecule has 0 saturated carbocycles. The molecule has 1 atom stereocenters. The van der Waals surface area contributed by atoms with Crippen molar-refractivity contribution < 1.29 is 29.3 Å². The van der Waals surface area contributed by atoms with Crippen LogP contribution < -0.4 is 5.32 Å². The SMILES string of the molecule is O=C(NC[C@@H](O)CC(=O)C(=O)O)OCc1ccccc1. The van der Waals surface area contributed by atoms with Crippen molar-refractivity contribution in [2.45, 2.75) is 19.1 Å². The van der Waals surface area contributed by atoms with Crippen LogP contribution in [-0.4, -0.2) is 40.7 Å². The fraction of sp³-hybridized carbons (Fsp3) is 0.308. The summed E-state index contributed by atoms with van der Waals surface area (Å²) >= 11 is 0. The van der Waals surface area contributed by atoms with Gasteiger partial charge in [-0.3, -0.25) is 4.79 Å².